The summed E-state index contributed by atoms with van der Waals surface area (Å²) < 4.78 is 32.5. The van der Waals surface area contributed by atoms with Gasteiger partial charge in [-0.15, -0.1) is 0 Å². The summed E-state index contributed by atoms with van der Waals surface area (Å²) in [5.74, 6) is -0.327. The van der Waals surface area contributed by atoms with Crippen LogP contribution in [0.4, 0.5) is 0 Å². The summed E-state index contributed by atoms with van der Waals surface area (Å²) in [6.45, 7) is 1.19. The van der Waals surface area contributed by atoms with Crippen LogP contribution in [0.15, 0.2) is 31.0 Å². The minimum Gasteiger partial charge on any atom is -0.346 e. The van der Waals surface area contributed by atoms with Crippen LogP contribution in [0.1, 0.15) is 6.42 Å². The molecular formula is C16H17N7O3S. The average molecular weight is 387 g/mol. The van der Waals surface area contributed by atoms with Crippen LogP contribution in [0.25, 0.3) is 22.3 Å². The maximum atomic E-state index is 10.9. The number of hydrogen-bond acceptors (Lipinski definition) is 7. The zero-order valence-corrected chi connectivity index (χ0v) is 15.1. The predicted octanol–water partition coefficient (Wildman–Crippen LogP) is 0.634. The molecule has 0 saturated carbocycles. The number of fused-ring (bicyclic) bond motifs is 1. The van der Waals surface area contributed by atoms with Gasteiger partial charge in [0, 0.05) is 43.0 Å². The van der Waals surface area contributed by atoms with E-state index < -0.39 is 15.7 Å². The quantitative estimate of drug-likeness (QED) is 0.587. The maximum absolute atomic E-state index is 10.9. The molecule has 0 atom stereocenters. The van der Waals surface area contributed by atoms with Crippen LogP contribution in [0.3, 0.4) is 0 Å². The molecule has 1 aliphatic heterocycles. The monoisotopic (exact) mass is 387 g/mol. The summed E-state index contributed by atoms with van der Waals surface area (Å²) >= 11 is 0. The average Bonchev–Trinajstić information content (AvgIpc) is 3.24. The van der Waals surface area contributed by atoms with Crippen molar-refractivity contribution < 1.29 is 13.0 Å². The van der Waals surface area contributed by atoms with Gasteiger partial charge in [-0.05, 0) is 6.07 Å². The first-order valence-corrected chi connectivity index (χ1v) is 9.89. The Balaban J connectivity index is 1.58. The van der Waals surface area contributed by atoms with Gasteiger partial charge in [-0.25, -0.2) is 9.97 Å². The van der Waals surface area contributed by atoms with E-state index in [4.69, 9.17) is 4.55 Å². The lowest BCUT2D eigenvalue weighted by Crippen LogP contribution is -2.63. The molecule has 10 nitrogen and oxygen atoms in total. The van der Waals surface area contributed by atoms with Gasteiger partial charge in [-0.2, -0.15) is 18.8 Å². The van der Waals surface area contributed by atoms with Crippen LogP contribution in [0.5, 0.6) is 0 Å². The molecule has 3 aromatic heterocycles. The topological polar surface area (TPSA) is 141 Å². The maximum Gasteiger partial charge on any atom is 0.266 e. The molecule has 4 heterocycles. The number of nitriles is 1. The molecule has 27 heavy (non-hydrogen) atoms. The van der Waals surface area contributed by atoms with Gasteiger partial charge < -0.3 is 4.98 Å². The highest BCUT2D eigenvalue weighted by molar-refractivity contribution is 7.85. The number of hydrogen-bond donors (Lipinski definition) is 2. The van der Waals surface area contributed by atoms with Crippen molar-refractivity contribution in [3.63, 3.8) is 0 Å². The number of aromatic nitrogens is 5. The van der Waals surface area contributed by atoms with E-state index in [1.165, 1.54) is 6.33 Å². The van der Waals surface area contributed by atoms with Gasteiger partial charge in [-0.3, -0.25) is 14.1 Å². The molecule has 2 N–H and O–H groups in total. The van der Waals surface area contributed by atoms with E-state index in [1.54, 1.807) is 17.1 Å². The highest BCUT2D eigenvalue weighted by atomic mass is 32.2. The number of nitrogens with one attached hydrogen (secondary N) is 1. The first-order chi connectivity index (χ1) is 12.9. The molecule has 140 valence electrons. The van der Waals surface area contributed by atoms with Crippen molar-refractivity contribution in [1.29, 1.82) is 5.26 Å². The van der Waals surface area contributed by atoms with Crippen molar-refractivity contribution in [3.8, 4) is 17.3 Å². The molecule has 0 unspecified atom stereocenters. The largest absolute Gasteiger partial charge is 0.346 e. The van der Waals surface area contributed by atoms with Gasteiger partial charge in [0.15, 0.2) is 0 Å². The molecule has 3 aromatic rings. The van der Waals surface area contributed by atoms with Crippen LogP contribution in [-0.4, -0.2) is 68.0 Å². The van der Waals surface area contributed by atoms with Crippen LogP contribution in [0.2, 0.25) is 0 Å². The molecule has 0 aliphatic carbocycles. The van der Waals surface area contributed by atoms with Crippen molar-refractivity contribution >= 4 is 21.2 Å². The molecule has 4 rings (SSSR count). The number of H-pyrrole nitrogens is 1. The molecular weight excluding hydrogens is 370 g/mol. The van der Waals surface area contributed by atoms with Gasteiger partial charge in [0.2, 0.25) is 0 Å². The summed E-state index contributed by atoms with van der Waals surface area (Å²) in [5.41, 5.74) is 1.79. The Morgan fingerprint density at radius 2 is 2.19 bits per heavy atom. The first-order valence-electron chi connectivity index (χ1n) is 8.28. The highest BCUT2D eigenvalue weighted by Crippen LogP contribution is 2.34. The number of likely N-dealkylation sites (tertiary alicyclic amines) is 1. The minimum absolute atomic E-state index is 0.218. The van der Waals surface area contributed by atoms with Crippen molar-refractivity contribution in [2.75, 3.05) is 25.4 Å². The van der Waals surface area contributed by atoms with E-state index in [2.05, 4.69) is 26.1 Å². The Kier molecular flexibility index (Phi) is 4.18. The summed E-state index contributed by atoms with van der Waals surface area (Å²) in [7, 11) is -4.00. The summed E-state index contributed by atoms with van der Waals surface area (Å²) in [6.07, 6.45) is 7.08. The SMILES string of the molecule is N#CCC1(n2cc(-c3ncnc4[nH]ccc34)cn2)CN(CCS(=O)(=O)O)C1. The Morgan fingerprint density at radius 1 is 1.37 bits per heavy atom. The second-order valence-corrected chi connectivity index (χ2v) is 8.26. The lowest BCUT2D eigenvalue weighted by molar-refractivity contribution is 0.00984. The summed E-state index contributed by atoms with van der Waals surface area (Å²) in [6, 6.07) is 4.09. The van der Waals surface area contributed by atoms with E-state index in [1.807, 2.05) is 17.2 Å². The standard InChI is InChI=1S/C16H17N7O3S/c17-3-2-16(9-22(10-16)5-6-27(24,25)26)23-8-12(7-21-23)14-13-1-4-18-15(13)20-11-19-14/h1,4,7-8,11H,2,5-6,9-10H2,(H,18,19,20)(H,24,25,26). The van der Waals surface area contributed by atoms with E-state index in [9.17, 15) is 13.7 Å². The summed E-state index contributed by atoms with van der Waals surface area (Å²) in [4.78, 5) is 13.4. The van der Waals surface area contributed by atoms with E-state index in [0.29, 0.717) is 13.1 Å². The lowest BCUT2D eigenvalue weighted by atomic mass is 9.87. The number of aromatic amines is 1. The van der Waals surface area contributed by atoms with Gasteiger partial charge in [0.1, 0.15) is 17.5 Å². The third-order valence-corrected chi connectivity index (χ3v) is 5.50. The highest BCUT2D eigenvalue weighted by Gasteiger charge is 2.45. The van der Waals surface area contributed by atoms with Crippen LogP contribution < -0.4 is 0 Å². The Morgan fingerprint density at radius 3 is 2.93 bits per heavy atom. The normalized spacial score (nSPS) is 16.9. The van der Waals surface area contributed by atoms with Gasteiger partial charge in [0.25, 0.3) is 10.1 Å². The third-order valence-electron chi connectivity index (χ3n) is 4.81. The molecule has 0 spiro atoms. The fourth-order valence-corrected chi connectivity index (χ4v) is 3.97. The van der Waals surface area contributed by atoms with E-state index in [-0.39, 0.29) is 18.7 Å². The molecule has 0 amide bonds. The van der Waals surface area contributed by atoms with Crippen molar-refractivity contribution in [1.82, 2.24) is 29.6 Å². The zero-order chi connectivity index (χ0) is 19.1. The smallest absolute Gasteiger partial charge is 0.266 e. The Labute approximate surface area is 155 Å². The Bertz CT molecular complexity index is 1120. The van der Waals surface area contributed by atoms with E-state index >= 15 is 0 Å². The van der Waals surface area contributed by atoms with Gasteiger partial charge in [-0.1, -0.05) is 0 Å². The van der Waals surface area contributed by atoms with Crippen molar-refractivity contribution in [2.24, 2.45) is 0 Å². The van der Waals surface area contributed by atoms with Crippen molar-refractivity contribution in [2.45, 2.75) is 12.0 Å². The molecule has 1 aliphatic rings. The number of nitrogens with zero attached hydrogens (tertiary/aromatic N) is 6. The second-order valence-electron chi connectivity index (χ2n) is 6.69. The predicted molar refractivity (Wildman–Crippen MR) is 96.2 cm³/mol. The van der Waals surface area contributed by atoms with Gasteiger partial charge >= 0.3 is 0 Å². The fraction of sp³-hybridized carbons (Fsp3) is 0.375. The van der Waals surface area contributed by atoms with Gasteiger partial charge in [0.05, 0.1) is 30.1 Å². The Hall–Kier alpha value is -2.81. The first kappa shape index (κ1) is 17.6. The number of rotatable bonds is 6. The van der Waals surface area contributed by atoms with Crippen LogP contribution in [0, 0.1) is 11.3 Å². The second kappa shape index (κ2) is 6.41. The van der Waals surface area contributed by atoms with Crippen LogP contribution in [-0.2, 0) is 15.7 Å². The minimum atomic E-state index is -4.00. The molecule has 0 radical (unpaired) electrons. The zero-order valence-electron chi connectivity index (χ0n) is 14.3. The molecule has 0 aromatic carbocycles. The lowest BCUT2D eigenvalue weighted by Gasteiger charge is -2.49. The third kappa shape index (κ3) is 3.30. The van der Waals surface area contributed by atoms with Crippen molar-refractivity contribution in [3.05, 3.63) is 31.0 Å². The van der Waals surface area contributed by atoms with E-state index in [0.717, 1.165) is 22.3 Å². The molecule has 1 saturated heterocycles. The fourth-order valence-electron chi connectivity index (χ4n) is 3.48. The molecule has 0 bridgehead atoms. The molecule has 11 heteroatoms. The molecule has 1 fully saturated rings. The summed E-state index contributed by atoms with van der Waals surface area (Å²) in [5, 5.41) is 14.6. The van der Waals surface area contributed by atoms with Crippen LogP contribution >= 0.6 is 0 Å².